The van der Waals surface area contributed by atoms with Crippen LogP contribution in [0, 0.1) is 6.92 Å². The van der Waals surface area contributed by atoms with Gasteiger partial charge in [0.1, 0.15) is 11.9 Å². The van der Waals surface area contributed by atoms with Gasteiger partial charge in [0, 0.05) is 24.7 Å². The first kappa shape index (κ1) is 16.1. The predicted molar refractivity (Wildman–Crippen MR) is 93.7 cm³/mol. The van der Waals surface area contributed by atoms with Crippen LogP contribution in [0.25, 0.3) is 0 Å². The summed E-state index contributed by atoms with van der Waals surface area (Å²) in [6.07, 6.45) is 5.12. The van der Waals surface area contributed by atoms with Crippen LogP contribution in [0.15, 0.2) is 48.8 Å². The summed E-state index contributed by atoms with van der Waals surface area (Å²) in [5, 5.41) is 0. The normalized spacial score (nSPS) is 25.5. The maximum Gasteiger partial charge on any atom is 0.253 e. The highest BCUT2D eigenvalue weighted by Gasteiger charge is 2.47. The van der Waals surface area contributed by atoms with E-state index < -0.39 is 0 Å². The van der Waals surface area contributed by atoms with E-state index in [1.807, 2.05) is 48.2 Å². The van der Waals surface area contributed by atoms with Gasteiger partial charge in [0.05, 0.1) is 24.9 Å². The molecule has 1 aromatic carbocycles. The zero-order valence-electron chi connectivity index (χ0n) is 14.4. The number of hydrogen-bond acceptors (Lipinski definition) is 4. The molecule has 0 N–H and O–H groups in total. The van der Waals surface area contributed by atoms with Gasteiger partial charge in [-0.05, 0) is 37.6 Å². The number of nitrogens with zero attached hydrogens (tertiary/aromatic N) is 2. The maximum absolute atomic E-state index is 12.7. The van der Waals surface area contributed by atoms with Crippen molar-refractivity contribution < 1.29 is 14.3 Å². The second-order valence-electron chi connectivity index (χ2n) is 6.97. The third-order valence-corrected chi connectivity index (χ3v) is 4.98. The average molecular weight is 338 g/mol. The number of aryl methyl sites for hydroxylation is 1. The van der Waals surface area contributed by atoms with Crippen LogP contribution in [-0.2, 0) is 4.74 Å². The van der Waals surface area contributed by atoms with E-state index in [1.54, 1.807) is 12.4 Å². The van der Waals surface area contributed by atoms with Gasteiger partial charge in [-0.2, -0.15) is 0 Å². The van der Waals surface area contributed by atoms with Crippen LogP contribution < -0.4 is 4.74 Å². The smallest absolute Gasteiger partial charge is 0.253 e. The maximum atomic E-state index is 12.7. The van der Waals surface area contributed by atoms with Gasteiger partial charge in [-0.3, -0.25) is 9.78 Å². The SMILES string of the molecule is Cc1cccc(C(=O)N2CC[C@@]3(C[C@@H](Oc4cccnc4)CO3)C2)c1. The topological polar surface area (TPSA) is 51.7 Å². The number of amides is 1. The van der Waals surface area contributed by atoms with Crippen molar-refractivity contribution in [3.8, 4) is 5.75 Å². The Labute approximate surface area is 147 Å². The molecule has 2 aliphatic heterocycles. The van der Waals surface area contributed by atoms with Gasteiger partial charge in [-0.25, -0.2) is 0 Å². The fraction of sp³-hybridized carbons (Fsp3) is 0.400. The second kappa shape index (κ2) is 6.48. The van der Waals surface area contributed by atoms with Gasteiger partial charge in [-0.15, -0.1) is 0 Å². The molecule has 2 aromatic rings. The van der Waals surface area contributed by atoms with Crippen molar-refractivity contribution in [1.29, 1.82) is 0 Å². The zero-order valence-corrected chi connectivity index (χ0v) is 14.4. The van der Waals surface area contributed by atoms with Crippen molar-refractivity contribution in [3.05, 3.63) is 59.9 Å². The summed E-state index contributed by atoms with van der Waals surface area (Å²) in [4.78, 5) is 18.7. The van der Waals surface area contributed by atoms with Crippen molar-refractivity contribution >= 4 is 5.91 Å². The standard InChI is InChI=1S/C20H22N2O3/c1-15-4-2-5-16(10-15)19(23)22-9-7-20(14-22)11-18(13-24-20)25-17-6-3-8-21-12-17/h2-6,8,10,12,18H,7,9,11,13-14H2,1H3/t18-,20-/m1/s1. The third-order valence-electron chi connectivity index (χ3n) is 4.98. The number of ether oxygens (including phenoxy) is 2. The molecule has 130 valence electrons. The van der Waals surface area contributed by atoms with Crippen LogP contribution in [0.4, 0.5) is 0 Å². The molecule has 1 amide bonds. The van der Waals surface area contributed by atoms with E-state index in [9.17, 15) is 4.79 Å². The number of likely N-dealkylation sites (tertiary alicyclic amines) is 1. The van der Waals surface area contributed by atoms with E-state index in [4.69, 9.17) is 9.47 Å². The van der Waals surface area contributed by atoms with Crippen LogP contribution in [-0.4, -0.2) is 47.2 Å². The molecule has 5 nitrogen and oxygen atoms in total. The second-order valence-corrected chi connectivity index (χ2v) is 6.97. The van der Waals surface area contributed by atoms with Crippen molar-refractivity contribution in [2.75, 3.05) is 19.7 Å². The van der Waals surface area contributed by atoms with Crippen molar-refractivity contribution in [2.45, 2.75) is 31.5 Å². The Bertz CT molecular complexity index is 765. The van der Waals surface area contributed by atoms with E-state index in [0.717, 1.165) is 36.3 Å². The summed E-state index contributed by atoms with van der Waals surface area (Å²) in [7, 11) is 0. The molecule has 25 heavy (non-hydrogen) atoms. The zero-order chi connectivity index (χ0) is 17.3. The minimum atomic E-state index is -0.271. The first-order chi connectivity index (χ1) is 12.1. The molecule has 2 fully saturated rings. The highest BCUT2D eigenvalue weighted by molar-refractivity contribution is 5.94. The number of benzene rings is 1. The van der Waals surface area contributed by atoms with Crippen molar-refractivity contribution in [1.82, 2.24) is 9.88 Å². The van der Waals surface area contributed by atoms with E-state index >= 15 is 0 Å². The highest BCUT2D eigenvalue weighted by atomic mass is 16.6. The van der Waals surface area contributed by atoms with Gasteiger partial charge in [0.2, 0.25) is 0 Å². The van der Waals surface area contributed by atoms with Crippen molar-refractivity contribution in [2.24, 2.45) is 0 Å². The monoisotopic (exact) mass is 338 g/mol. The number of pyridine rings is 1. The molecule has 0 saturated carbocycles. The summed E-state index contributed by atoms with van der Waals surface area (Å²) < 4.78 is 12.1. The number of carbonyl (C=O) groups excluding carboxylic acids is 1. The minimum Gasteiger partial charge on any atom is -0.486 e. The summed E-state index contributed by atoms with van der Waals surface area (Å²) >= 11 is 0. The lowest BCUT2D eigenvalue weighted by molar-refractivity contribution is 0.00995. The molecule has 3 heterocycles. The van der Waals surface area contributed by atoms with Crippen LogP contribution in [0.2, 0.25) is 0 Å². The molecular weight excluding hydrogens is 316 g/mol. The molecule has 5 heteroatoms. The summed E-state index contributed by atoms with van der Waals surface area (Å²) in [6.45, 7) is 3.92. The van der Waals surface area contributed by atoms with E-state index in [0.29, 0.717) is 13.2 Å². The van der Waals surface area contributed by atoms with E-state index in [2.05, 4.69) is 4.98 Å². The third kappa shape index (κ3) is 3.37. The number of aromatic nitrogens is 1. The lowest BCUT2D eigenvalue weighted by atomic mass is 9.98. The molecule has 0 aliphatic carbocycles. The molecule has 0 bridgehead atoms. The minimum absolute atomic E-state index is 0.0122. The molecular formula is C20H22N2O3. The molecule has 0 radical (unpaired) electrons. The van der Waals surface area contributed by atoms with Crippen LogP contribution >= 0.6 is 0 Å². The Balaban J connectivity index is 1.39. The Morgan fingerprint density at radius 1 is 1.36 bits per heavy atom. The Morgan fingerprint density at radius 2 is 2.28 bits per heavy atom. The average Bonchev–Trinajstić information content (AvgIpc) is 3.22. The number of rotatable bonds is 3. The summed E-state index contributed by atoms with van der Waals surface area (Å²) in [5.74, 6) is 0.847. The first-order valence-electron chi connectivity index (χ1n) is 8.70. The fourth-order valence-corrected chi connectivity index (χ4v) is 3.75. The number of carbonyl (C=O) groups is 1. The lowest BCUT2D eigenvalue weighted by Gasteiger charge is -2.23. The van der Waals surface area contributed by atoms with Gasteiger partial charge in [0.25, 0.3) is 5.91 Å². The van der Waals surface area contributed by atoms with Crippen LogP contribution in [0.5, 0.6) is 5.75 Å². The molecule has 2 saturated heterocycles. The summed E-state index contributed by atoms with van der Waals surface area (Å²) in [5.41, 5.74) is 1.58. The van der Waals surface area contributed by atoms with Gasteiger partial charge in [0.15, 0.2) is 0 Å². The fourth-order valence-electron chi connectivity index (χ4n) is 3.75. The van der Waals surface area contributed by atoms with E-state index in [1.165, 1.54) is 0 Å². The quantitative estimate of drug-likeness (QED) is 0.863. The Morgan fingerprint density at radius 3 is 3.08 bits per heavy atom. The largest absolute Gasteiger partial charge is 0.486 e. The van der Waals surface area contributed by atoms with Gasteiger partial charge in [-0.1, -0.05) is 17.7 Å². The van der Waals surface area contributed by atoms with Crippen LogP contribution in [0.1, 0.15) is 28.8 Å². The molecule has 2 aliphatic rings. The van der Waals surface area contributed by atoms with Gasteiger partial charge < -0.3 is 14.4 Å². The van der Waals surface area contributed by atoms with Gasteiger partial charge >= 0.3 is 0 Å². The van der Waals surface area contributed by atoms with Crippen molar-refractivity contribution in [3.63, 3.8) is 0 Å². The molecule has 2 atom stereocenters. The molecule has 1 spiro atoms. The molecule has 1 aromatic heterocycles. The van der Waals surface area contributed by atoms with E-state index in [-0.39, 0.29) is 17.6 Å². The highest BCUT2D eigenvalue weighted by Crippen LogP contribution is 2.37. The lowest BCUT2D eigenvalue weighted by Crippen LogP contribution is -2.36. The van der Waals surface area contributed by atoms with Crippen LogP contribution in [0.3, 0.4) is 0 Å². The number of hydrogen-bond donors (Lipinski definition) is 0. The predicted octanol–water partition coefficient (Wildman–Crippen LogP) is 2.84. The first-order valence-corrected chi connectivity index (χ1v) is 8.70. The molecule has 0 unspecified atom stereocenters. The summed E-state index contributed by atoms with van der Waals surface area (Å²) in [6, 6.07) is 11.5. The Kier molecular flexibility index (Phi) is 4.17. The Hall–Kier alpha value is -2.40. The molecule has 4 rings (SSSR count).